The standard InChI is InChI=1S/C10H6Cl2O/c11-7-3-4-8(9(12)6-7)10-2-1-5-13-10/h1-6H. The van der Waals surface area contributed by atoms with Crippen LogP contribution in [0.4, 0.5) is 0 Å². The first-order valence-electron chi connectivity index (χ1n) is 3.76. The van der Waals surface area contributed by atoms with E-state index in [-0.39, 0.29) is 0 Å². The highest BCUT2D eigenvalue weighted by Gasteiger charge is 2.05. The molecule has 1 nitrogen and oxygen atoms in total. The summed E-state index contributed by atoms with van der Waals surface area (Å²) < 4.78 is 5.21. The van der Waals surface area contributed by atoms with Crippen LogP contribution in [-0.4, -0.2) is 0 Å². The molecule has 0 bridgehead atoms. The Morgan fingerprint density at radius 2 is 1.92 bits per heavy atom. The maximum absolute atomic E-state index is 5.98. The van der Waals surface area contributed by atoms with E-state index in [1.165, 1.54) is 0 Å². The number of halogens is 2. The van der Waals surface area contributed by atoms with Crippen LogP contribution >= 0.6 is 23.2 Å². The van der Waals surface area contributed by atoms with Gasteiger partial charge in [0.25, 0.3) is 0 Å². The molecule has 0 N–H and O–H groups in total. The molecule has 2 rings (SSSR count). The Morgan fingerprint density at radius 1 is 1.08 bits per heavy atom. The van der Waals surface area contributed by atoms with Crippen molar-refractivity contribution in [1.82, 2.24) is 0 Å². The predicted octanol–water partition coefficient (Wildman–Crippen LogP) is 4.25. The molecule has 0 unspecified atom stereocenters. The molecule has 0 spiro atoms. The first kappa shape index (κ1) is 8.67. The summed E-state index contributed by atoms with van der Waals surface area (Å²) in [5.74, 6) is 0.752. The summed E-state index contributed by atoms with van der Waals surface area (Å²) in [4.78, 5) is 0. The zero-order chi connectivity index (χ0) is 9.26. The van der Waals surface area contributed by atoms with E-state index in [1.54, 1.807) is 18.4 Å². The van der Waals surface area contributed by atoms with Crippen molar-refractivity contribution in [3.05, 3.63) is 46.6 Å². The van der Waals surface area contributed by atoms with Gasteiger partial charge < -0.3 is 4.42 Å². The Morgan fingerprint density at radius 3 is 2.54 bits per heavy atom. The van der Waals surface area contributed by atoms with Gasteiger partial charge in [-0.25, -0.2) is 0 Å². The highest BCUT2D eigenvalue weighted by Crippen LogP contribution is 2.30. The van der Waals surface area contributed by atoms with Crippen molar-refractivity contribution in [2.45, 2.75) is 0 Å². The van der Waals surface area contributed by atoms with Crippen molar-refractivity contribution in [3.8, 4) is 11.3 Å². The lowest BCUT2D eigenvalue weighted by molar-refractivity contribution is 0.582. The second-order valence-corrected chi connectivity index (χ2v) is 3.45. The molecule has 2 aromatic rings. The molecule has 0 aliphatic rings. The van der Waals surface area contributed by atoms with E-state index in [2.05, 4.69) is 0 Å². The molecule has 0 fully saturated rings. The lowest BCUT2D eigenvalue weighted by Crippen LogP contribution is -1.75. The van der Waals surface area contributed by atoms with Crippen LogP contribution in [0.15, 0.2) is 41.0 Å². The Hall–Kier alpha value is -0.920. The summed E-state index contributed by atoms with van der Waals surface area (Å²) in [6, 6.07) is 8.99. The van der Waals surface area contributed by atoms with E-state index in [4.69, 9.17) is 27.6 Å². The lowest BCUT2D eigenvalue weighted by atomic mass is 10.2. The van der Waals surface area contributed by atoms with Gasteiger partial charge in [0, 0.05) is 10.6 Å². The van der Waals surface area contributed by atoms with E-state index >= 15 is 0 Å². The Kier molecular flexibility index (Phi) is 2.30. The summed E-state index contributed by atoms with van der Waals surface area (Å²) in [5, 5.41) is 1.22. The first-order valence-corrected chi connectivity index (χ1v) is 4.52. The van der Waals surface area contributed by atoms with Crippen LogP contribution in [-0.2, 0) is 0 Å². The fraction of sp³-hybridized carbons (Fsp3) is 0. The quantitative estimate of drug-likeness (QED) is 0.689. The van der Waals surface area contributed by atoms with Gasteiger partial charge in [0.1, 0.15) is 5.76 Å². The normalized spacial score (nSPS) is 10.3. The van der Waals surface area contributed by atoms with E-state index in [9.17, 15) is 0 Å². The van der Waals surface area contributed by atoms with Crippen LogP contribution in [0.2, 0.25) is 10.0 Å². The van der Waals surface area contributed by atoms with Gasteiger partial charge in [-0.1, -0.05) is 23.2 Å². The van der Waals surface area contributed by atoms with Gasteiger partial charge in [0.05, 0.1) is 11.3 Å². The van der Waals surface area contributed by atoms with Gasteiger partial charge in [0.15, 0.2) is 0 Å². The molecule has 0 saturated carbocycles. The molecular weight excluding hydrogens is 207 g/mol. The number of furan rings is 1. The molecule has 13 heavy (non-hydrogen) atoms. The summed E-state index contributed by atoms with van der Waals surface area (Å²) >= 11 is 11.7. The molecule has 0 atom stereocenters. The second kappa shape index (κ2) is 3.44. The van der Waals surface area contributed by atoms with Gasteiger partial charge in [0.2, 0.25) is 0 Å². The third-order valence-electron chi connectivity index (χ3n) is 1.72. The van der Waals surface area contributed by atoms with Gasteiger partial charge in [-0.2, -0.15) is 0 Å². The minimum absolute atomic E-state index is 0.599. The zero-order valence-electron chi connectivity index (χ0n) is 6.63. The molecule has 3 heteroatoms. The van der Waals surface area contributed by atoms with Crippen molar-refractivity contribution in [1.29, 1.82) is 0 Å². The summed E-state index contributed by atoms with van der Waals surface area (Å²) in [6.45, 7) is 0. The molecule has 1 aromatic carbocycles. The molecule has 0 saturated heterocycles. The highest BCUT2D eigenvalue weighted by atomic mass is 35.5. The first-order chi connectivity index (χ1) is 6.27. The van der Waals surface area contributed by atoms with Crippen molar-refractivity contribution in [2.24, 2.45) is 0 Å². The van der Waals surface area contributed by atoms with Crippen molar-refractivity contribution in [2.75, 3.05) is 0 Å². The third-order valence-corrected chi connectivity index (χ3v) is 2.27. The second-order valence-electron chi connectivity index (χ2n) is 2.60. The van der Waals surface area contributed by atoms with Crippen LogP contribution in [0.1, 0.15) is 0 Å². The van der Waals surface area contributed by atoms with Crippen LogP contribution in [0.3, 0.4) is 0 Å². The summed E-state index contributed by atoms with van der Waals surface area (Å²) in [6.07, 6.45) is 1.61. The van der Waals surface area contributed by atoms with E-state index < -0.39 is 0 Å². The largest absolute Gasteiger partial charge is 0.464 e. The molecule has 1 aromatic heterocycles. The van der Waals surface area contributed by atoms with Gasteiger partial charge >= 0.3 is 0 Å². The van der Waals surface area contributed by atoms with Gasteiger partial charge in [-0.15, -0.1) is 0 Å². The van der Waals surface area contributed by atoms with Crippen molar-refractivity contribution in [3.63, 3.8) is 0 Å². The van der Waals surface area contributed by atoms with E-state index in [1.807, 2.05) is 18.2 Å². The number of hydrogen-bond donors (Lipinski definition) is 0. The molecule has 0 radical (unpaired) electrons. The van der Waals surface area contributed by atoms with Crippen LogP contribution < -0.4 is 0 Å². The number of hydrogen-bond acceptors (Lipinski definition) is 1. The molecule has 0 aliphatic carbocycles. The lowest BCUT2D eigenvalue weighted by Gasteiger charge is -2.00. The summed E-state index contributed by atoms with van der Waals surface area (Å²) in [7, 11) is 0. The highest BCUT2D eigenvalue weighted by molar-refractivity contribution is 6.36. The topological polar surface area (TPSA) is 13.1 Å². The van der Waals surface area contributed by atoms with Gasteiger partial charge in [-0.05, 0) is 30.3 Å². The summed E-state index contributed by atoms with van der Waals surface area (Å²) in [5.41, 5.74) is 0.857. The van der Waals surface area contributed by atoms with Gasteiger partial charge in [-0.3, -0.25) is 0 Å². The third kappa shape index (κ3) is 1.71. The van der Waals surface area contributed by atoms with Crippen molar-refractivity contribution >= 4 is 23.2 Å². The molecule has 66 valence electrons. The van der Waals surface area contributed by atoms with Crippen LogP contribution in [0.5, 0.6) is 0 Å². The monoisotopic (exact) mass is 212 g/mol. The number of benzene rings is 1. The smallest absolute Gasteiger partial charge is 0.135 e. The van der Waals surface area contributed by atoms with E-state index in [0.717, 1.165) is 11.3 Å². The fourth-order valence-corrected chi connectivity index (χ4v) is 1.62. The SMILES string of the molecule is Clc1ccc(-c2ccco2)c(Cl)c1. The minimum atomic E-state index is 0.599. The Labute approximate surface area is 85.9 Å². The predicted molar refractivity (Wildman–Crippen MR) is 54.2 cm³/mol. The Bertz CT molecular complexity index is 407. The molecule has 1 heterocycles. The van der Waals surface area contributed by atoms with E-state index in [0.29, 0.717) is 10.0 Å². The zero-order valence-corrected chi connectivity index (χ0v) is 8.14. The molecular formula is C10H6Cl2O. The average Bonchev–Trinajstić information content (AvgIpc) is 2.56. The number of rotatable bonds is 1. The van der Waals surface area contributed by atoms with Crippen LogP contribution in [0, 0.1) is 0 Å². The maximum Gasteiger partial charge on any atom is 0.135 e. The van der Waals surface area contributed by atoms with Crippen LogP contribution in [0.25, 0.3) is 11.3 Å². The van der Waals surface area contributed by atoms with Crippen molar-refractivity contribution < 1.29 is 4.42 Å². The molecule has 0 aliphatic heterocycles. The Balaban J connectivity index is 2.53. The minimum Gasteiger partial charge on any atom is -0.464 e. The maximum atomic E-state index is 5.98. The molecule has 0 amide bonds. The average molecular weight is 213 g/mol. The fourth-order valence-electron chi connectivity index (χ4n) is 1.12.